The Kier molecular flexibility index (Phi) is 46.0. The minimum Gasteiger partial charge on any atom is -0.799 e. The maximum absolute atomic E-state index is 11.2. The second-order valence-electron chi connectivity index (χ2n) is 11.9. The zero-order valence-corrected chi connectivity index (χ0v) is 36.6. The van der Waals surface area contributed by atoms with E-state index in [2.05, 4.69) is 0 Å². The van der Waals surface area contributed by atoms with Crippen LogP contribution in [-0.2, 0) is 44.5 Å². The van der Waals surface area contributed by atoms with Crippen LogP contribution in [0.25, 0.3) is 0 Å². The van der Waals surface area contributed by atoms with Crippen LogP contribution >= 0.6 is 29.5 Å². The predicted molar refractivity (Wildman–Crippen MR) is 189 cm³/mol. The topological polar surface area (TPSA) is 161 Å². The van der Waals surface area contributed by atoms with Gasteiger partial charge in [-0.15, -0.1) is 0 Å². The molecule has 45 heavy (non-hydrogen) atoms. The van der Waals surface area contributed by atoms with Crippen LogP contribution < -0.4 is 19.6 Å². The van der Waals surface area contributed by atoms with Crippen molar-refractivity contribution in [2.24, 2.45) is 0 Å². The van der Waals surface area contributed by atoms with Crippen LogP contribution in [0.4, 0.5) is 0 Å². The van der Waals surface area contributed by atoms with Gasteiger partial charge in [0.05, 0.1) is 0 Å². The van der Waals surface area contributed by atoms with Crippen molar-refractivity contribution in [1.82, 2.24) is 0 Å². The van der Waals surface area contributed by atoms with Crippen molar-refractivity contribution in [3.05, 3.63) is 0 Å². The third kappa shape index (κ3) is 50.1. The monoisotopic (exact) mass is 798 g/mol. The van der Waals surface area contributed by atoms with Gasteiger partial charge in [0.25, 0.3) is 0 Å². The minimum absolute atomic E-state index is 0. The van der Waals surface area contributed by atoms with Crippen LogP contribution in [-0.4, -0.2) is 49.3 Å². The van der Waals surface area contributed by atoms with Crippen LogP contribution in [0.2, 0.25) is 0 Å². The zero-order chi connectivity index (χ0) is 35.0. The molecule has 0 heterocycles. The van der Waals surface area contributed by atoms with E-state index in [0.29, 0.717) is 49.3 Å². The van der Waals surface area contributed by atoms with Gasteiger partial charge >= 0.3 is 26.2 Å². The summed E-state index contributed by atoms with van der Waals surface area (Å²) in [5.41, 5.74) is 0. The molecule has 0 N–H and O–H groups in total. The molecule has 0 unspecified atom stereocenters. The molecule has 0 radical (unpaired) electrons. The molecule has 0 bridgehead atoms. The van der Waals surface area contributed by atoms with Gasteiger partial charge in [-0.1, -0.05) is 107 Å². The summed E-state index contributed by atoms with van der Waals surface area (Å²) >= 11 is 0. The smallest absolute Gasteiger partial charge is 0.799 e. The molecule has 13 heteroatoms. The third-order valence-corrected chi connectivity index (χ3v) is 14.8. The Hall–Kier alpha value is 1.64. The van der Waals surface area contributed by atoms with Gasteiger partial charge in [0.2, 0.25) is 0 Å². The molecule has 0 aliphatic rings. The van der Waals surface area contributed by atoms with Crippen molar-refractivity contribution < 1.29 is 64.0 Å². The normalized spacial score (nSPS) is 11.6. The Morgan fingerprint density at radius 3 is 0.444 bits per heavy atom. The Labute approximate surface area is 299 Å². The first-order valence-corrected chi connectivity index (χ1v) is 25.6. The Balaban J connectivity index is -0.000000157. The molecule has 0 saturated heterocycles. The second-order valence-corrected chi connectivity index (χ2v) is 22.0. The summed E-state index contributed by atoms with van der Waals surface area (Å²) in [5.74, 6) is 0. The molecule has 0 amide bonds. The van der Waals surface area contributed by atoms with E-state index in [9.17, 15) is 37.8 Å². The van der Waals surface area contributed by atoms with Gasteiger partial charge in [-0.25, -0.2) is 0 Å². The van der Waals surface area contributed by atoms with Crippen LogP contribution in [0, 0.1) is 0 Å². The third-order valence-electron chi connectivity index (χ3n) is 6.82. The van der Waals surface area contributed by atoms with Gasteiger partial charge in [-0.3, -0.25) is 0 Å². The molecule has 0 atom stereocenters. The molecular weight excluding hydrogens is 727 g/mol. The van der Waals surface area contributed by atoms with E-state index in [-0.39, 0.29) is 26.2 Å². The zero-order valence-electron chi connectivity index (χ0n) is 30.5. The van der Waals surface area contributed by atoms with Crippen molar-refractivity contribution in [3.63, 3.8) is 0 Å². The average Bonchev–Trinajstić information content (AvgIpc) is 2.98. The Bertz CT molecular complexity index is 623. The summed E-state index contributed by atoms with van der Waals surface area (Å²) < 4.78 is 44.7. The Morgan fingerprint density at radius 1 is 0.289 bits per heavy atom. The molecule has 0 saturated carbocycles. The number of rotatable bonds is 24. The van der Waals surface area contributed by atoms with E-state index in [4.69, 9.17) is 0 Å². The quantitative estimate of drug-likeness (QED) is 0.0875. The summed E-state index contributed by atoms with van der Waals surface area (Å²) in [6.45, 7) is 16.1. The second kappa shape index (κ2) is 36.9. The summed E-state index contributed by atoms with van der Waals surface area (Å²) in [4.78, 5) is 44.7. The molecule has 0 aromatic carbocycles. The fourth-order valence-electron chi connectivity index (χ4n) is 3.64. The SMILES string of the molecule is CCCCP(=O)([O-])CCCC.CCCCP(=O)([O-])CCCC.CCCCP(=O)([O-])CCCC.CCCCP(=O)([O-])CCCC.[Zr+4]. The van der Waals surface area contributed by atoms with Crippen LogP contribution in [0.5, 0.6) is 0 Å². The maximum atomic E-state index is 11.2. The summed E-state index contributed by atoms with van der Waals surface area (Å²) in [5, 5.41) is 0. The number of unbranched alkanes of at least 4 members (excludes halogenated alkanes) is 8. The molecule has 0 rings (SSSR count). The molecular formula is C32H72O8P4Zr. The largest absolute Gasteiger partial charge is 4.00 e. The van der Waals surface area contributed by atoms with Gasteiger partial charge in [0.15, 0.2) is 0 Å². The van der Waals surface area contributed by atoms with Gasteiger partial charge < -0.3 is 37.8 Å². The van der Waals surface area contributed by atoms with Crippen molar-refractivity contribution in [2.75, 3.05) is 49.3 Å². The molecule has 0 aromatic heterocycles. The van der Waals surface area contributed by atoms with Crippen LogP contribution in [0.15, 0.2) is 0 Å². The van der Waals surface area contributed by atoms with Crippen LogP contribution in [0.3, 0.4) is 0 Å². The van der Waals surface area contributed by atoms with E-state index in [1.54, 1.807) is 0 Å². The first-order valence-electron chi connectivity index (χ1n) is 17.6. The van der Waals surface area contributed by atoms with E-state index < -0.39 is 29.5 Å². The number of hydrogen-bond donors (Lipinski definition) is 0. The first kappa shape index (κ1) is 56.0. The number of hydrogen-bond acceptors (Lipinski definition) is 8. The summed E-state index contributed by atoms with van der Waals surface area (Å²) in [6, 6.07) is 0. The first-order chi connectivity index (χ1) is 20.5. The molecule has 0 fully saturated rings. The maximum Gasteiger partial charge on any atom is 4.00 e. The fraction of sp³-hybridized carbons (Fsp3) is 1.00. The molecule has 0 aliphatic carbocycles. The predicted octanol–water partition coefficient (Wildman–Crippen LogP) is 8.90. The fourth-order valence-corrected chi connectivity index (χ4v) is 10.9. The molecule has 8 nitrogen and oxygen atoms in total. The van der Waals surface area contributed by atoms with E-state index >= 15 is 0 Å². The van der Waals surface area contributed by atoms with Crippen molar-refractivity contribution in [1.29, 1.82) is 0 Å². The average molecular weight is 800 g/mol. The minimum atomic E-state index is -2.98. The van der Waals surface area contributed by atoms with Gasteiger partial charge in [-0.2, -0.15) is 0 Å². The summed E-state index contributed by atoms with van der Waals surface area (Å²) in [6.07, 6.45) is 17.6. The van der Waals surface area contributed by atoms with Gasteiger partial charge in [0, 0.05) is 29.5 Å². The standard InChI is InChI=1S/4C8H19O2P.Zr/c4*1-3-5-7-11(9,10)8-6-4-2;/h4*3-8H2,1-2H3,(H,9,10);/q;;;;+4/p-4. The van der Waals surface area contributed by atoms with Crippen molar-refractivity contribution >= 4 is 29.5 Å². The van der Waals surface area contributed by atoms with Crippen molar-refractivity contribution in [3.8, 4) is 0 Å². The van der Waals surface area contributed by atoms with Crippen LogP contribution in [0.1, 0.15) is 158 Å². The van der Waals surface area contributed by atoms with E-state index in [1.165, 1.54) is 0 Å². The van der Waals surface area contributed by atoms with Crippen molar-refractivity contribution in [2.45, 2.75) is 158 Å². The molecule has 0 spiro atoms. The van der Waals surface area contributed by atoms with Gasteiger partial charge in [0.1, 0.15) is 0 Å². The van der Waals surface area contributed by atoms with Gasteiger partial charge in [-0.05, 0) is 101 Å². The molecule has 0 aliphatic heterocycles. The Morgan fingerprint density at radius 2 is 0.378 bits per heavy atom. The van der Waals surface area contributed by atoms with E-state index in [1.807, 2.05) is 55.4 Å². The van der Waals surface area contributed by atoms with E-state index in [0.717, 1.165) is 103 Å². The molecule has 272 valence electrons. The summed E-state index contributed by atoms with van der Waals surface area (Å²) in [7, 11) is -11.9. The molecule has 0 aromatic rings.